The topological polar surface area (TPSA) is 80.7 Å². The third-order valence-electron chi connectivity index (χ3n) is 3.22. The number of hydrogen-bond donors (Lipinski definition) is 2. The summed E-state index contributed by atoms with van der Waals surface area (Å²) in [6.45, 7) is 6.22. The first-order valence-corrected chi connectivity index (χ1v) is 6.74. The van der Waals surface area contributed by atoms with Gasteiger partial charge in [0.2, 0.25) is 0 Å². The number of amidine groups is 1. The van der Waals surface area contributed by atoms with Gasteiger partial charge in [-0.1, -0.05) is 31.1 Å². The van der Waals surface area contributed by atoms with Crippen LogP contribution in [-0.2, 0) is 0 Å². The Balaban J connectivity index is 2.41. The van der Waals surface area contributed by atoms with Crippen molar-refractivity contribution in [2.24, 2.45) is 10.9 Å². The lowest BCUT2D eigenvalue weighted by Gasteiger charge is -2.14. The normalized spacial score (nSPS) is 11.7. The molecule has 0 fully saturated rings. The summed E-state index contributed by atoms with van der Waals surface area (Å²) in [5, 5.41) is 11.8. The van der Waals surface area contributed by atoms with Gasteiger partial charge in [-0.15, -0.1) is 0 Å². The van der Waals surface area contributed by atoms with E-state index in [2.05, 4.69) is 30.1 Å². The first-order valence-electron chi connectivity index (χ1n) is 6.74. The van der Waals surface area contributed by atoms with Crippen molar-refractivity contribution < 1.29 is 9.94 Å². The number of oxime groups is 1. The number of hydrogen-bond acceptors (Lipinski definition) is 4. The maximum absolute atomic E-state index is 8.82. The fraction of sp³-hybridized carbons (Fsp3) is 0.250. The predicted molar refractivity (Wildman–Crippen MR) is 82.1 cm³/mol. The lowest BCUT2D eigenvalue weighted by atomic mass is 10.0. The molecule has 0 unspecified atom stereocenters. The number of aromatic nitrogens is 1. The summed E-state index contributed by atoms with van der Waals surface area (Å²) in [5.41, 5.74) is 8.13. The molecule has 0 radical (unpaired) electrons. The Morgan fingerprint density at radius 3 is 2.71 bits per heavy atom. The van der Waals surface area contributed by atoms with E-state index in [1.165, 1.54) is 5.56 Å². The first kappa shape index (κ1) is 14.8. The molecule has 0 spiro atoms. The average Bonchev–Trinajstić information content (AvgIpc) is 2.49. The summed E-state index contributed by atoms with van der Waals surface area (Å²) in [4.78, 5) is 4.09. The number of nitrogens with zero attached hydrogens (tertiary/aromatic N) is 2. The summed E-state index contributed by atoms with van der Waals surface area (Å²) in [5.74, 6) is 1.52. The summed E-state index contributed by atoms with van der Waals surface area (Å²) in [6, 6.07) is 9.58. The average molecular weight is 285 g/mol. The summed E-state index contributed by atoms with van der Waals surface area (Å²) in [6.07, 6.45) is 1.57. The molecule has 0 atom stereocenters. The Kier molecular flexibility index (Phi) is 4.42. The first-order chi connectivity index (χ1) is 10.0. The van der Waals surface area contributed by atoms with Crippen molar-refractivity contribution in [3.05, 3.63) is 53.3 Å². The van der Waals surface area contributed by atoms with E-state index in [-0.39, 0.29) is 5.84 Å². The van der Waals surface area contributed by atoms with Crippen molar-refractivity contribution in [1.29, 1.82) is 0 Å². The largest absolute Gasteiger partial charge is 0.455 e. The lowest BCUT2D eigenvalue weighted by molar-refractivity contribution is 0.318. The number of aryl methyl sites for hydroxylation is 1. The van der Waals surface area contributed by atoms with Gasteiger partial charge in [-0.25, -0.2) is 4.98 Å². The van der Waals surface area contributed by atoms with Crippen LogP contribution in [0.15, 0.2) is 41.7 Å². The molecule has 0 saturated heterocycles. The minimum atomic E-state index is -0.0803. The minimum absolute atomic E-state index is 0.0803. The van der Waals surface area contributed by atoms with E-state index in [1.807, 2.05) is 19.1 Å². The van der Waals surface area contributed by atoms with Crippen molar-refractivity contribution in [1.82, 2.24) is 4.98 Å². The second-order valence-electron chi connectivity index (χ2n) is 5.12. The molecule has 2 aromatic rings. The fourth-order valence-electron chi connectivity index (χ4n) is 1.92. The zero-order valence-electron chi connectivity index (χ0n) is 12.4. The van der Waals surface area contributed by atoms with Gasteiger partial charge in [-0.2, -0.15) is 0 Å². The lowest BCUT2D eigenvalue weighted by Crippen LogP contribution is -2.16. The SMILES string of the molecule is Cc1ccc(C(C)C)cc1Oc1cccnc1/C(N)=N/O. The highest BCUT2D eigenvalue weighted by Gasteiger charge is 2.12. The van der Waals surface area contributed by atoms with E-state index in [1.54, 1.807) is 18.3 Å². The van der Waals surface area contributed by atoms with Crippen LogP contribution < -0.4 is 10.5 Å². The molecule has 0 amide bonds. The van der Waals surface area contributed by atoms with Crippen LogP contribution in [-0.4, -0.2) is 16.0 Å². The van der Waals surface area contributed by atoms with Crippen LogP contribution in [0.3, 0.4) is 0 Å². The van der Waals surface area contributed by atoms with Gasteiger partial charge in [0.05, 0.1) is 0 Å². The molecule has 110 valence electrons. The number of rotatable bonds is 4. The molecule has 0 aliphatic rings. The molecule has 0 saturated carbocycles. The van der Waals surface area contributed by atoms with Gasteiger partial charge in [0.1, 0.15) is 5.75 Å². The number of pyridine rings is 1. The van der Waals surface area contributed by atoms with Crippen molar-refractivity contribution in [2.75, 3.05) is 0 Å². The molecule has 3 N–H and O–H groups in total. The van der Waals surface area contributed by atoms with Gasteiger partial charge in [0.25, 0.3) is 0 Å². The maximum Gasteiger partial charge on any atom is 0.192 e. The third-order valence-corrected chi connectivity index (χ3v) is 3.22. The van der Waals surface area contributed by atoms with Gasteiger partial charge in [-0.05, 0) is 42.2 Å². The molecule has 1 aromatic heterocycles. The Bertz CT molecular complexity index is 666. The van der Waals surface area contributed by atoms with Crippen LogP contribution in [0.4, 0.5) is 0 Å². The molecule has 1 heterocycles. The van der Waals surface area contributed by atoms with E-state index in [0.717, 1.165) is 11.3 Å². The van der Waals surface area contributed by atoms with E-state index < -0.39 is 0 Å². The molecule has 5 heteroatoms. The number of ether oxygens (including phenoxy) is 1. The van der Waals surface area contributed by atoms with Gasteiger partial charge in [0.15, 0.2) is 17.3 Å². The van der Waals surface area contributed by atoms with E-state index in [4.69, 9.17) is 15.7 Å². The maximum atomic E-state index is 8.82. The Morgan fingerprint density at radius 1 is 1.29 bits per heavy atom. The minimum Gasteiger partial charge on any atom is -0.455 e. The van der Waals surface area contributed by atoms with Gasteiger partial charge in [-0.3, -0.25) is 0 Å². The number of benzene rings is 1. The fourth-order valence-corrected chi connectivity index (χ4v) is 1.92. The summed E-state index contributed by atoms with van der Waals surface area (Å²) in [7, 11) is 0. The van der Waals surface area contributed by atoms with Crippen LogP contribution in [0, 0.1) is 6.92 Å². The zero-order chi connectivity index (χ0) is 15.4. The van der Waals surface area contributed by atoms with Crippen molar-refractivity contribution in [3.63, 3.8) is 0 Å². The standard InChI is InChI=1S/C16H19N3O2/c1-10(2)12-7-6-11(3)14(9-12)21-13-5-4-8-18-15(13)16(17)19-20/h4-10,20H,1-3H3,(H2,17,19). The molecule has 0 bridgehead atoms. The Morgan fingerprint density at radius 2 is 2.05 bits per heavy atom. The van der Waals surface area contributed by atoms with E-state index >= 15 is 0 Å². The van der Waals surface area contributed by atoms with Crippen molar-refractivity contribution in [2.45, 2.75) is 26.7 Å². The molecule has 1 aromatic carbocycles. The van der Waals surface area contributed by atoms with Crippen LogP contribution >= 0.6 is 0 Å². The van der Waals surface area contributed by atoms with Crippen LogP contribution in [0.1, 0.15) is 36.6 Å². The highest BCUT2D eigenvalue weighted by molar-refractivity contribution is 5.97. The second kappa shape index (κ2) is 6.26. The van der Waals surface area contributed by atoms with Gasteiger partial charge < -0.3 is 15.7 Å². The third kappa shape index (κ3) is 3.31. The predicted octanol–water partition coefficient (Wildman–Crippen LogP) is 3.40. The highest BCUT2D eigenvalue weighted by atomic mass is 16.5. The molecule has 21 heavy (non-hydrogen) atoms. The van der Waals surface area contributed by atoms with Crippen LogP contribution in [0.25, 0.3) is 0 Å². The van der Waals surface area contributed by atoms with E-state index in [0.29, 0.717) is 17.4 Å². The molecule has 0 aliphatic heterocycles. The van der Waals surface area contributed by atoms with Crippen LogP contribution in [0.5, 0.6) is 11.5 Å². The van der Waals surface area contributed by atoms with Crippen molar-refractivity contribution in [3.8, 4) is 11.5 Å². The molecular weight excluding hydrogens is 266 g/mol. The Hall–Kier alpha value is -2.56. The van der Waals surface area contributed by atoms with E-state index in [9.17, 15) is 0 Å². The summed E-state index contributed by atoms with van der Waals surface area (Å²) >= 11 is 0. The van der Waals surface area contributed by atoms with Crippen LogP contribution in [0.2, 0.25) is 0 Å². The molecule has 2 rings (SSSR count). The quantitative estimate of drug-likeness (QED) is 0.390. The Labute approximate surface area is 124 Å². The van der Waals surface area contributed by atoms with Gasteiger partial charge >= 0.3 is 0 Å². The smallest absolute Gasteiger partial charge is 0.192 e. The number of nitrogens with two attached hydrogens (primary N) is 1. The monoisotopic (exact) mass is 285 g/mol. The molecule has 0 aliphatic carbocycles. The molecule has 5 nitrogen and oxygen atoms in total. The van der Waals surface area contributed by atoms with Gasteiger partial charge in [0, 0.05) is 6.20 Å². The molecular formula is C16H19N3O2. The zero-order valence-corrected chi connectivity index (χ0v) is 12.4. The second-order valence-corrected chi connectivity index (χ2v) is 5.12. The van der Waals surface area contributed by atoms with Crippen molar-refractivity contribution >= 4 is 5.84 Å². The highest BCUT2D eigenvalue weighted by Crippen LogP contribution is 2.29. The summed E-state index contributed by atoms with van der Waals surface area (Å²) < 4.78 is 5.92.